The molecule has 3 nitrogen and oxygen atoms in total. The van der Waals surface area contributed by atoms with Crippen molar-refractivity contribution in [3.63, 3.8) is 0 Å². The standard InChI is InChI=1S/C12H17F2NO2S/c1-9(8-18(2,16)17)15-4-3-10-5-11(13)7-12(14)6-10/h5-7,9,15H,3-4,8H2,1-2H3. The second-order valence-corrected chi connectivity index (χ2v) is 6.66. The first-order valence-corrected chi connectivity index (χ1v) is 7.68. The number of hydrogen-bond acceptors (Lipinski definition) is 3. The Labute approximate surface area is 106 Å². The topological polar surface area (TPSA) is 46.2 Å². The smallest absolute Gasteiger partial charge is 0.148 e. The van der Waals surface area contributed by atoms with E-state index in [0.29, 0.717) is 18.5 Å². The summed E-state index contributed by atoms with van der Waals surface area (Å²) in [6, 6.07) is 3.18. The summed E-state index contributed by atoms with van der Waals surface area (Å²) in [5.41, 5.74) is 0.548. The molecule has 0 saturated carbocycles. The van der Waals surface area contributed by atoms with Crippen LogP contribution in [0, 0.1) is 11.6 Å². The summed E-state index contributed by atoms with van der Waals surface area (Å²) in [6.45, 7) is 2.23. The average molecular weight is 277 g/mol. The van der Waals surface area contributed by atoms with Crippen molar-refractivity contribution in [3.8, 4) is 0 Å². The van der Waals surface area contributed by atoms with Crippen LogP contribution >= 0.6 is 0 Å². The quantitative estimate of drug-likeness (QED) is 0.857. The minimum atomic E-state index is -3.01. The Morgan fingerprint density at radius 2 is 1.78 bits per heavy atom. The molecule has 1 unspecified atom stereocenters. The van der Waals surface area contributed by atoms with Gasteiger partial charge in [-0.2, -0.15) is 0 Å². The van der Waals surface area contributed by atoms with Gasteiger partial charge in [0.25, 0.3) is 0 Å². The molecule has 1 rings (SSSR count). The van der Waals surface area contributed by atoms with Gasteiger partial charge in [0.15, 0.2) is 0 Å². The zero-order chi connectivity index (χ0) is 13.8. The number of nitrogens with one attached hydrogen (secondary N) is 1. The molecule has 1 aromatic rings. The van der Waals surface area contributed by atoms with Crippen molar-refractivity contribution >= 4 is 9.84 Å². The van der Waals surface area contributed by atoms with Gasteiger partial charge in [0.1, 0.15) is 21.5 Å². The van der Waals surface area contributed by atoms with E-state index in [1.165, 1.54) is 18.4 Å². The van der Waals surface area contributed by atoms with E-state index in [1.807, 2.05) is 0 Å². The van der Waals surface area contributed by atoms with Crippen LogP contribution in [0.3, 0.4) is 0 Å². The molecule has 0 saturated heterocycles. The third kappa shape index (κ3) is 6.07. The SMILES string of the molecule is CC(CS(C)(=O)=O)NCCc1cc(F)cc(F)c1. The highest BCUT2D eigenvalue weighted by atomic mass is 32.2. The Morgan fingerprint density at radius 3 is 2.28 bits per heavy atom. The molecular formula is C12H17F2NO2S. The van der Waals surface area contributed by atoms with Crippen LogP contribution in [0.2, 0.25) is 0 Å². The van der Waals surface area contributed by atoms with Crippen LogP contribution in [0.15, 0.2) is 18.2 Å². The molecule has 102 valence electrons. The first-order chi connectivity index (χ1) is 8.26. The molecule has 0 aliphatic carbocycles. The van der Waals surface area contributed by atoms with Gasteiger partial charge in [-0.05, 0) is 37.6 Å². The van der Waals surface area contributed by atoms with Gasteiger partial charge in [0, 0.05) is 18.4 Å². The third-order valence-corrected chi connectivity index (χ3v) is 3.49. The fraction of sp³-hybridized carbons (Fsp3) is 0.500. The number of rotatable bonds is 6. The summed E-state index contributed by atoms with van der Waals surface area (Å²) in [6.07, 6.45) is 1.62. The number of benzene rings is 1. The summed E-state index contributed by atoms with van der Waals surface area (Å²) in [5.74, 6) is -1.16. The average Bonchev–Trinajstić information content (AvgIpc) is 2.12. The lowest BCUT2D eigenvalue weighted by atomic mass is 10.1. The fourth-order valence-corrected chi connectivity index (χ4v) is 2.76. The van der Waals surface area contributed by atoms with Crippen molar-refractivity contribution in [2.75, 3.05) is 18.6 Å². The first kappa shape index (κ1) is 15.0. The van der Waals surface area contributed by atoms with Crippen LogP contribution in [0.5, 0.6) is 0 Å². The minimum absolute atomic E-state index is 0.0461. The Kier molecular flexibility index (Phi) is 5.22. The van der Waals surface area contributed by atoms with Crippen molar-refractivity contribution in [3.05, 3.63) is 35.4 Å². The zero-order valence-corrected chi connectivity index (χ0v) is 11.2. The molecule has 0 bridgehead atoms. The molecule has 0 amide bonds. The molecule has 0 heterocycles. The van der Waals surface area contributed by atoms with E-state index in [9.17, 15) is 17.2 Å². The van der Waals surface area contributed by atoms with Crippen LogP contribution in [0.1, 0.15) is 12.5 Å². The Balaban J connectivity index is 2.42. The van der Waals surface area contributed by atoms with E-state index < -0.39 is 21.5 Å². The van der Waals surface area contributed by atoms with E-state index in [1.54, 1.807) is 6.92 Å². The van der Waals surface area contributed by atoms with E-state index in [4.69, 9.17) is 0 Å². The second kappa shape index (κ2) is 6.24. The molecule has 0 aromatic heterocycles. The molecule has 1 N–H and O–H groups in total. The predicted molar refractivity (Wildman–Crippen MR) is 67.2 cm³/mol. The van der Waals surface area contributed by atoms with Gasteiger partial charge in [-0.1, -0.05) is 0 Å². The van der Waals surface area contributed by atoms with Crippen molar-refractivity contribution < 1.29 is 17.2 Å². The van der Waals surface area contributed by atoms with Gasteiger partial charge in [-0.3, -0.25) is 0 Å². The van der Waals surface area contributed by atoms with Crippen LogP contribution < -0.4 is 5.32 Å². The maximum Gasteiger partial charge on any atom is 0.148 e. The Hall–Kier alpha value is -1.01. The molecule has 0 spiro atoms. The lowest BCUT2D eigenvalue weighted by Gasteiger charge is -2.12. The molecule has 0 aliphatic heterocycles. The van der Waals surface area contributed by atoms with Gasteiger partial charge >= 0.3 is 0 Å². The van der Waals surface area contributed by atoms with Gasteiger partial charge < -0.3 is 5.32 Å². The Bertz CT molecular complexity index is 483. The van der Waals surface area contributed by atoms with Crippen LogP contribution in [0.25, 0.3) is 0 Å². The van der Waals surface area contributed by atoms with Crippen molar-refractivity contribution in [1.29, 1.82) is 0 Å². The Morgan fingerprint density at radius 1 is 1.22 bits per heavy atom. The van der Waals surface area contributed by atoms with E-state index in [0.717, 1.165) is 6.07 Å². The van der Waals surface area contributed by atoms with Crippen molar-refractivity contribution in [1.82, 2.24) is 5.32 Å². The van der Waals surface area contributed by atoms with E-state index in [-0.39, 0.29) is 11.8 Å². The molecule has 1 atom stereocenters. The number of sulfone groups is 1. The third-order valence-electron chi connectivity index (χ3n) is 2.38. The normalized spacial score (nSPS) is 13.6. The first-order valence-electron chi connectivity index (χ1n) is 5.62. The van der Waals surface area contributed by atoms with Gasteiger partial charge in [-0.15, -0.1) is 0 Å². The predicted octanol–water partition coefficient (Wildman–Crippen LogP) is 1.53. The van der Waals surface area contributed by atoms with Crippen LogP contribution in [-0.4, -0.2) is 33.0 Å². The maximum absolute atomic E-state index is 12.9. The fourth-order valence-electron chi connectivity index (χ4n) is 1.73. The zero-order valence-electron chi connectivity index (χ0n) is 10.4. The molecule has 0 fully saturated rings. The van der Waals surface area contributed by atoms with Crippen LogP contribution in [-0.2, 0) is 16.3 Å². The minimum Gasteiger partial charge on any atom is -0.313 e. The lowest BCUT2D eigenvalue weighted by Crippen LogP contribution is -2.34. The summed E-state index contributed by atoms with van der Waals surface area (Å²) >= 11 is 0. The largest absolute Gasteiger partial charge is 0.313 e. The number of halogens is 2. The molecule has 0 radical (unpaired) electrons. The molecule has 1 aromatic carbocycles. The molecule has 18 heavy (non-hydrogen) atoms. The van der Waals surface area contributed by atoms with E-state index >= 15 is 0 Å². The van der Waals surface area contributed by atoms with Gasteiger partial charge in [0.05, 0.1) is 5.75 Å². The summed E-state index contributed by atoms with van der Waals surface area (Å²) in [5, 5.41) is 3.00. The summed E-state index contributed by atoms with van der Waals surface area (Å²) in [4.78, 5) is 0. The van der Waals surface area contributed by atoms with Gasteiger partial charge in [-0.25, -0.2) is 17.2 Å². The highest BCUT2D eigenvalue weighted by Crippen LogP contribution is 2.08. The van der Waals surface area contributed by atoms with Crippen molar-refractivity contribution in [2.45, 2.75) is 19.4 Å². The van der Waals surface area contributed by atoms with Gasteiger partial charge in [0.2, 0.25) is 0 Å². The van der Waals surface area contributed by atoms with Crippen molar-refractivity contribution in [2.24, 2.45) is 0 Å². The molecule has 0 aliphatic rings. The summed E-state index contributed by atoms with van der Waals surface area (Å²) in [7, 11) is -3.01. The second-order valence-electron chi connectivity index (χ2n) is 4.48. The highest BCUT2D eigenvalue weighted by Gasteiger charge is 2.09. The lowest BCUT2D eigenvalue weighted by molar-refractivity contribution is 0.557. The highest BCUT2D eigenvalue weighted by molar-refractivity contribution is 7.90. The van der Waals surface area contributed by atoms with Crippen LogP contribution in [0.4, 0.5) is 8.78 Å². The summed E-state index contributed by atoms with van der Waals surface area (Å²) < 4.78 is 47.8. The monoisotopic (exact) mass is 277 g/mol. The molecular weight excluding hydrogens is 260 g/mol. The molecule has 6 heteroatoms. The maximum atomic E-state index is 12.9. The number of hydrogen-bond donors (Lipinski definition) is 1. The van der Waals surface area contributed by atoms with E-state index in [2.05, 4.69) is 5.32 Å².